The second-order valence-corrected chi connectivity index (χ2v) is 3.65. The van der Waals surface area contributed by atoms with Crippen LogP contribution in [0, 0.1) is 0 Å². The number of phenols is 1. The highest BCUT2D eigenvalue weighted by Gasteiger charge is 1.96. The van der Waals surface area contributed by atoms with Gasteiger partial charge < -0.3 is 10.2 Å². The monoisotopic (exact) mass is 244 g/mol. The Morgan fingerprint density at radius 2 is 1.56 bits per heavy atom. The quantitative estimate of drug-likeness (QED) is 0.851. The molecule has 0 radical (unpaired) electrons. The molecule has 0 aliphatic carbocycles. The third-order valence-electron chi connectivity index (χ3n) is 2.39. The molecule has 94 valence electrons. The normalized spacial score (nSPS) is 9.17. The fraction of sp³-hybridized carbons (Fsp3) is 0.133. The molecule has 2 rings (SSSR count). The van der Waals surface area contributed by atoms with E-state index in [1.807, 2.05) is 25.1 Å². The molecular formula is C15H16O3. The lowest BCUT2D eigenvalue weighted by atomic mass is 10.1. The van der Waals surface area contributed by atoms with E-state index in [1.165, 1.54) is 0 Å². The molecule has 0 fully saturated rings. The molecule has 2 N–H and O–H groups in total. The Morgan fingerprint density at radius 3 is 1.94 bits per heavy atom. The second-order valence-electron chi connectivity index (χ2n) is 3.65. The fourth-order valence-electron chi connectivity index (χ4n) is 1.39. The van der Waals surface area contributed by atoms with Crippen molar-refractivity contribution in [3.05, 3.63) is 65.7 Å². The summed E-state index contributed by atoms with van der Waals surface area (Å²) in [6.07, 6.45) is 0.896. The van der Waals surface area contributed by atoms with Crippen LogP contribution in [0.25, 0.3) is 0 Å². The molecule has 18 heavy (non-hydrogen) atoms. The van der Waals surface area contributed by atoms with Crippen molar-refractivity contribution in [1.82, 2.24) is 0 Å². The van der Waals surface area contributed by atoms with Crippen LogP contribution in [0.4, 0.5) is 0 Å². The van der Waals surface area contributed by atoms with Crippen LogP contribution in [0.3, 0.4) is 0 Å². The van der Waals surface area contributed by atoms with Gasteiger partial charge in [-0.05, 0) is 30.2 Å². The van der Waals surface area contributed by atoms with E-state index >= 15 is 0 Å². The first-order valence-corrected chi connectivity index (χ1v) is 5.70. The van der Waals surface area contributed by atoms with Gasteiger partial charge in [-0.1, -0.05) is 43.3 Å². The molecule has 0 bridgehead atoms. The summed E-state index contributed by atoms with van der Waals surface area (Å²) >= 11 is 0. The number of hydrogen-bond acceptors (Lipinski definition) is 2. The number of carbonyl (C=O) groups is 1. The number of phenolic OH excluding ortho intramolecular Hbond substituents is 1. The standard InChI is InChI=1S/C8H10O.C7H6O2/c1-2-7-5-3-4-6-8(7)9;8-7(9)6-4-2-1-3-5-6/h3-6,9H,2H2,1H3;1-5H,(H,8,9). The Bertz CT molecular complexity index is 492. The van der Waals surface area contributed by atoms with Gasteiger partial charge in [-0.15, -0.1) is 0 Å². The van der Waals surface area contributed by atoms with Gasteiger partial charge in [-0.3, -0.25) is 0 Å². The van der Waals surface area contributed by atoms with Crippen LogP contribution in [-0.4, -0.2) is 16.2 Å². The lowest BCUT2D eigenvalue weighted by molar-refractivity contribution is 0.0697. The maximum atomic E-state index is 10.2. The highest BCUT2D eigenvalue weighted by Crippen LogP contribution is 2.14. The molecule has 0 amide bonds. The molecule has 2 aromatic rings. The van der Waals surface area contributed by atoms with Crippen molar-refractivity contribution in [3.8, 4) is 5.75 Å². The minimum atomic E-state index is -0.879. The lowest BCUT2D eigenvalue weighted by Gasteiger charge is -1.97. The summed E-state index contributed by atoms with van der Waals surface area (Å²) in [7, 11) is 0. The molecule has 3 nitrogen and oxygen atoms in total. The molecule has 0 heterocycles. The van der Waals surface area contributed by atoms with Crippen LogP contribution in [0.15, 0.2) is 54.6 Å². The van der Waals surface area contributed by atoms with E-state index in [1.54, 1.807) is 36.4 Å². The van der Waals surface area contributed by atoms with Crippen molar-refractivity contribution in [2.75, 3.05) is 0 Å². The molecule has 0 saturated heterocycles. The van der Waals surface area contributed by atoms with Crippen LogP contribution in [0.5, 0.6) is 5.75 Å². The third-order valence-corrected chi connectivity index (χ3v) is 2.39. The number of aromatic carboxylic acids is 1. The van der Waals surface area contributed by atoms with Crippen molar-refractivity contribution in [1.29, 1.82) is 0 Å². The van der Waals surface area contributed by atoms with Crippen molar-refractivity contribution >= 4 is 5.97 Å². The maximum absolute atomic E-state index is 10.2. The van der Waals surface area contributed by atoms with Crippen LogP contribution in [0.1, 0.15) is 22.8 Å². The molecule has 0 saturated carbocycles. The van der Waals surface area contributed by atoms with Gasteiger partial charge in [0.05, 0.1) is 5.56 Å². The zero-order valence-corrected chi connectivity index (χ0v) is 10.2. The van der Waals surface area contributed by atoms with Crippen LogP contribution >= 0.6 is 0 Å². The molecule has 2 aromatic carbocycles. The first-order chi connectivity index (χ1) is 8.65. The molecule has 0 spiro atoms. The van der Waals surface area contributed by atoms with Gasteiger partial charge in [0.25, 0.3) is 0 Å². The van der Waals surface area contributed by atoms with E-state index in [0.717, 1.165) is 12.0 Å². The average Bonchev–Trinajstić information content (AvgIpc) is 2.41. The number of aryl methyl sites for hydroxylation is 1. The minimum Gasteiger partial charge on any atom is -0.508 e. The number of rotatable bonds is 2. The largest absolute Gasteiger partial charge is 0.508 e. The highest BCUT2D eigenvalue weighted by atomic mass is 16.4. The number of aromatic hydroxyl groups is 1. The van der Waals surface area contributed by atoms with Gasteiger partial charge in [0.1, 0.15) is 5.75 Å². The molecule has 0 unspecified atom stereocenters. The summed E-state index contributed by atoms with van der Waals surface area (Å²) in [6, 6.07) is 15.7. The minimum absolute atomic E-state index is 0.331. The van der Waals surface area contributed by atoms with E-state index in [2.05, 4.69) is 0 Å². The Hall–Kier alpha value is -2.29. The summed E-state index contributed by atoms with van der Waals surface area (Å²) in [6.45, 7) is 2.02. The molecule has 0 aromatic heterocycles. The van der Waals surface area contributed by atoms with Crippen molar-refractivity contribution in [2.45, 2.75) is 13.3 Å². The van der Waals surface area contributed by atoms with E-state index in [0.29, 0.717) is 11.3 Å². The Morgan fingerprint density at radius 1 is 1.00 bits per heavy atom. The summed E-state index contributed by atoms with van der Waals surface area (Å²) in [5.41, 5.74) is 1.34. The Balaban J connectivity index is 0.000000180. The smallest absolute Gasteiger partial charge is 0.335 e. The van der Waals surface area contributed by atoms with Crippen molar-refractivity contribution in [3.63, 3.8) is 0 Å². The molecule has 3 heteroatoms. The number of hydrogen-bond donors (Lipinski definition) is 2. The van der Waals surface area contributed by atoms with Gasteiger partial charge in [-0.25, -0.2) is 4.79 Å². The lowest BCUT2D eigenvalue weighted by Crippen LogP contribution is -1.93. The molecule has 0 atom stereocenters. The van der Waals surface area contributed by atoms with E-state index < -0.39 is 5.97 Å². The molecule has 0 aliphatic heterocycles. The number of para-hydroxylation sites is 1. The number of benzene rings is 2. The Labute approximate surface area is 106 Å². The van der Waals surface area contributed by atoms with Gasteiger partial charge in [0.15, 0.2) is 0 Å². The summed E-state index contributed by atoms with van der Waals surface area (Å²) in [5, 5.41) is 17.5. The SMILES string of the molecule is CCc1ccccc1O.O=C(O)c1ccccc1. The number of carboxylic acids is 1. The highest BCUT2D eigenvalue weighted by molar-refractivity contribution is 5.87. The van der Waals surface area contributed by atoms with Gasteiger partial charge in [-0.2, -0.15) is 0 Å². The zero-order valence-electron chi connectivity index (χ0n) is 10.2. The van der Waals surface area contributed by atoms with E-state index in [-0.39, 0.29) is 0 Å². The van der Waals surface area contributed by atoms with Gasteiger partial charge in [0, 0.05) is 0 Å². The first kappa shape index (κ1) is 13.8. The second kappa shape index (κ2) is 7.12. The Kier molecular flexibility index (Phi) is 5.45. The molecule has 0 aliphatic rings. The zero-order chi connectivity index (χ0) is 13.4. The van der Waals surface area contributed by atoms with E-state index in [9.17, 15) is 4.79 Å². The third kappa shape index (κ3) is 4.29. The number of carboxylic acid groups (broad SMARTS) is 1. The summed E-state index contributed by atoms with van der Waals surface area (Å²) in [4.78, 5) is 10.2. The predicted octanol–water partition coefficient (Wildman–Crippen LogP) is 3.34. The van der Waals surface area contributed by atoms with Crippen LogP contribution in [-0.2, 0) is 6.42 Å². The first-order valence-electron chi connectivity index (χ1n) is 5.70. The predicted molar refractivity (Wildman–Crippen MR) is 70.9 cm³/mol. The van der Waals surface area contributed by atoms with Gasteiger partial charge >= 0.3 is 5.97 Å². The average molecular weight is 244 g/mol. The maximum Gasteiger partial charge on any atom is 0.335 e. The van der Waals surface area contributed by atoms with Crippen LogP contribution < -0.4 is 0 Å². The topological polar surface area (TPSA) is 57.5 Å². The molecular weight excluding hydrogens is 228 g/mol. The fourth-order valence-corrected chi connectivity index (χ4v) is 1.39. The summed E-state index contributed by atoms with van der Waals surface area (Å²) < 4.78 is 0. The van der Waals surface area contributed by atoms with Gasteiger partial charge in [0.2, 0.25) is 0 Å². The summed E-state index contributed by atoms with van der Waals surface area (Å²) in [5.74, 6) is -0.476. The van der Waals surface area contributed by atoms with E-state index in [4.69, 9.17) is 10.2 Å². The van der Waals surface area contributed by atoms with Crippen molar-refractivity contribution < 1.29 is 15.0 Å². The van der Waals surface area contributed by atoms with Crippen molar-refractivity contribution in [2.24, 2.45) is 0 Å². The van der Waals surface area contributed by atoms with Crippen LogP contribution in [0.2, 0.25) is 0 Å².